The first-order chi connectivity index (χ1) is 6.02. The summed E-state index contributed by atoms with van der Waals surface area (Å²) in [6, 6.07) is 0. The molecule has 0 amide bonds. The van der Waals surface area contributed by atoms with E-state index in [4.69, 9.17) is 16.7 Å². The molecule has 0 aromatic rings. The van der Waals surface area contributed by atoms with E-state index in [1.807, 2.05) is 0 Å². The monoisotopic (exact) mass is 220 g/mol. The largest absolute Gasteiger partial charge is 0.481 e. The lowest BCUT2D eigenvalue weighted by molar-refractivity contribution is -0.137. The predicted molar refractivity (Wildman–Crippen MR) is 48.1 cm³/mol. The molecule has 0 fully saturated rings. The summed E-state index contributed by atoms with van der Waals surface area (Å²) in [5.74, 6) is -2.34. The molecule has 0 saturated heterocycles. The quantitative estimate of drug-likeness (QED) is 0.651. The van der Waals surface area contributed by atoms with E-state index in [1.54, 1.807) is 0 Å². The van der Waals surface area contributed by atoms with Gasteiger partial charge in [0.05, 0.1) is 4.86 Å². The van der Waals surface area contributed by atoms with E-state index in [2.05, 4.69) is 0 Å². The third-order valence-electron chi connectivity index (χ3n) is 1.49. The highest BCUT2D eigenvalue weighted by molar-refractivity contribution is 7.73. The van der Waals surface area contributed by atoms with Crippen LogP contribution < -0.4 is 0 Å². The maximum Gasteiger partial charge on any atom is 0.315 e. The molecule has 0 aromatic carbocycles. The van der Waals surface area contributed by atoms with Gasteiger partial charge in [0.1, 0.15) is 5.92 Å². The molecule has 1 unspecified atom stereocenters. The molecule has 0 saturated carbocycles. The summed E-state index contributed by atoms with van der Waals surface area (Å²) in [5, 5.41) is 8.83. The molecule has 0 radical (unpaired) electrons. The van der Waals surface area contributed by atoms with Crippen LogP contribution in [0.15, 0.2) is 23.3 Å². The van der Waals surface area contributed by atoms with Crippen LogP contribution in [0.4, 0.5) is 0 Å². The Morgan fingerprint density at radius 3 is 2.62 bits per heavy atom. The minimum atomic E-state index is -2.55. The molecule has 0 aliphatic heterocycles. The molecule has 1 atom stereocenters. The normalized spacial score (nSPS) is 21.2. The average molecular weight is 221 g/mol. The predicted octanol–water partition coefficient (Wildman–Crippen LogP) is 0.431. The van der Waals surface area contributed by atoms with Crippen molar-refractivity contribution >= 4 is 32.7 Å². The molecule has 1 aliphatic rings. The fourth-order valence-corrected chi connectivity index (χ4v) is 1.78. The minimum Gasteiger partial charge on any atom is -0.481 e. The number of hydrogen-bond donors (Lipinski definition) is 1. The van der Waals surface area contributed by atoms with Gasteiger partial charge in [0.15, 0.2) is 0 Å². The van der Waals surface area contributed by atoms with Gasteiger partial charge in [-0.25, -0.2) is 0 Å². The highest BCUT2D eigenvalue weighted by Gasteiger charge is 2.23. The van der Waals surface area contributed by atoms with E-state index in [9.17, 15) is 13.2 Å². The summed E-state index contributed by atoms with van der Waals surface area (Å²) in [5.41, 5.74) is 0. The summed E-state index contributed by atoms with van der Waals surface area (Å²) >= 11 is 5.51. The van der Waals surface area contributed by atoms with Gasteiger partial charge in [-0.05, 0) is 12.2 Å². The van der Waals surface area contributed by atoms with Crippen LogP contribution in [0.3, 0.4) is 0 Å². The molecule has 13 heavy (non-hydrogen) atoms. The zero-order valence-electron chi connectivity index (χ0n) is 6.27. The van der Waals surface area contributed by atoms with Gasteiger partial charge < -0.3 is 5.11 Å². The molecule has 1 rings (SSSR count). The summed E-state index contributed by atoms with van der Waals surface area (Å²) in [6.07, 6.45) is 3.72. The number of carbonyl (C=O) groups is 1. The lowest BCUT2D eigenvalue weighted by Gasteiger charge is -2.08. The fourth-order valence-electron chi connectivity index (χ4n) is 0.913. The first kappa shape index (κ1) is 10.0. The number of allylic oxidation sites excluding steroid dienone is 3. The molecule has 0 spiro atoms. The Bertz CT molecular complexity index is 421. The van der Waals surface area contributed by atoms with Gasteiger partial charge in [0, 0.05) is 5.03 Å². The number of rotatable bonds is 1. The van der Waals surface area contributed by atoms with Gasteiger partial charge in [-0.2, -0.15) is 8.42 Å². The van der Waals surface area contributed by atoms with Crippen LogP contribution in [0.2, 0.25) is 0 Å². The van der Waals surface area contributed by atoms with E-state index in [0.717, 1.165) is 6.08 Å². The average Bonchev–Trinajstić information content (AvgIpc) is 2.03. The molecule has 1 aliphatic carbocycles. The van der Waals surface area contributed by atoms with E-state index in [0.29, 0.717) is 0 Å². The number of carboxylic acids is 1. The van der Waals surface area contributed by atoms with Crippen LogP contribution in [0.1, 0.15) is 0 Å². The zero-order valence-corrected chi connectivity index (χ0v) is 7.84. The third-order valence-corrected chi connectivity index (χ3v) is 2.48. The van der Waals surface area contributed by atoms with Crippen molar-refractivity contribution in [3.05, 3.63) is 23.3 Å². The molecular weight excluding hydrogens is 216 g/mol. The molecule has 0 heterocycles. The van der Waals surface area contributed by atoms with Crippen LogP contribution >= 0.6 is 11.6 Å². The minimum absolute atomic E-state index is 0.205. The highest BCUT2D eigenvalue weighted by atomic mass is 35.5. The highest BCUT2D eigenvalue weighted by Crippen LogP contribution is 2.16. The first-order valence-corrected chi connectivity index (χ1v) is 4.72. The Morgan fingerprint density at radius 1 is 1.54 bits per heavy atom. The van der Waals surface area contributed by atoms with Crippen molar-refractivity contribution in [2.45, 2.75) is 0 Å². The van der Waals surface area contributed by atoms with E-state index in [1.165, 1.54) is 12.2 Å². The second-order valence-corrected chi connectivity index (χ2v) is 3.72. The zero-order chi connectivity index (χ0) is 10.0. The van der Waals surface area contributed by atoms with Crippen molar-refractivity contribution in [1.82, 2.24) is 0 Å². The van der Waals surface area contributed by atoms with E-state index < -0.39 is 22.2 Å². The van der Waals surface area contributed by atoms with Gasteiger partial charge in [-0.1, -0.05) is 17.7 Å². The molecule has 70 valence electrons. The van der Waals surface area contributed by atoms with Crippen molar-refractivity contribution < 1.29 is 18.3 Å². The summed E-state index contributed by atoms with van der Waals surface area (Å²) < 4.78 is 21.2. The van der Waals surface area contributed by atoms with Crippen LogP contribution in [-0.2, 0) is 15.1 Å². The molecular formula is C7H5ClO4S. The molecule has 1 N–H and O–H groups in total. The first-order valence-electron chi connectivity index (χ1n) is 3.26. The van der Waals surface area contributed by atoms with Crippen molar-refractivity contribution in [1.29, 1.82) is 0 Å². The van der Waals surface area contributed by atoms with Gasteiger partial charge >= 0.3 is 5.97 Å². The lowest BCUT2D eigenvalue weighted by Crippen LogP contribution is -2.22. The SMILES string of the molecule is O=C(O)C1C=CC(Cl)=CC1=S(=O)=O. The van der Waals surface area contributed by atoms with E-state index in [-0.39, 0.29) is 9.90 Å². The van der Waals surface area contributed by atoms with Gasteiger partial charge in [0.25, 0.3) is 0 Å². The van der Waals surface area contributed by atoms with Gasteiger partial charge in [0.2, 0.25) is 10.3 Å². The summed E-state index contributed by atoms with van der Waals surface area (Å²) in [4.78, 5) is 10.3. The Balaban J connectivity index is 3.26. The second-order valence-electron chi connectivity index (χ2n) is 2.34. The van der Waals surface area contributed by atoms with Gasteiger partial charge in [-0.15, -0.1) is 0 Å². The van der Waals surface area contributed by atoms with Crippen LogP contribution in [0.25, 0.3) is 0 Å². The molecule has 0 aromatic heterocycles. The topological polar surface area (TPSA) is 71.4 Å². The third kappa shape index (κ3) is 2.19. The van der Waals surface area contributed by atoms with Crippen molar-refractivity contribution in [2.24, 2.45) is 5.92 Å². The number of halogens is 1. The number of hydrogen-bond acceptors (Lipinski definition) is 3. The Hall–Kier alpha value is -1.07. The lowest BCUT2D eigenvalue weighted by atomic mass is 10.0. The summed E-state index contributed by atoms with van der Waals surface area (Å²) in [7, 11) is -2.55. The van der Waals surface area contributed by atoms with Crippen LogP contribution in [0, 0.1) is 5.92 Å². The smallest absolute Gasteiger partial charge is 0.315 e. The summed E-state index contributed by atoms with van der Waals surface area (Å²) in [6.45, 7) is 0. The van der Waals surface area contributed by atoms with E-state index >= 15 is 0 Å². The fraction of sp³-hybridized carbons (Fsp3) is 0.143. The second kappa shape index (κ2) is 3.76. The number of carboxylic acid groups (broad SMARTS) is 1. The van der Waals surface area contributed by atoms with Crippen molar-refractivity contribution in [3.63, 3.8) is 0 Å². The Morgan fingerprint density at radius 2 is 2.15 bits per heavy atom. The molecule has 6 heteroatoms. The maximum absolute atomic E-state index is 10.6. The standard InChI is InChI=1S/C7H5ClO4S/c8-4-1-2-5(7(9)10)6(3-4)13(11)12/h1-3,5H,(H,9,10). The number of aliphatic carboxylic acids is 1. The van der Waals surface area contributed by atoms with Crippen molar-refractivity contribution in [2.75, 3.05) is 0 Å². The molecule has 4 nitrogen and oxygen atoms in total. The van der Waals surface area contributed by atoms with Gasteiger partial charge in [-0.3, -0.25) is 4.79 Å². The Labute approximate surface area is 80.7 Å². The Kier molecular flexibility index (Phi) is 2.90. The molecule has 0 bridgehead atoms. The van der Waals surface area contributed by atoms with Crippen LogP contribution in [0.5, 0.6) is 0 Å². The maximum atomic E-state index is 10.6. The van der Waals surface area contributed by atoms with Crippen LogP contribution in [-0.4, -0.2) is 24.4 Å². The van der Waals surface area contributed by atoms with Crippen molar-refractivity contribution in [3.8, 4) is 0 Å².